The van der Waals surface area contributed by atoms with Crippen molar-refractivity contribution < 1.29 is 38.2 Å². The number of nitrogens with zero attached hydrogens (tertiary/aromatic N) is 6. The van der Waals surface area contributed by atoms with Crippen molar-refractivity contribution in [3.8, 4) is 6.07 Å². The molecule has 0 aromatic carbocycles. The van der Waals surface area contributed by atoms with Crippen molar-refractivity contribution in [1.82, 2.24) is 19.6 Å². The second-order valence-corrected chi connectivity index (χ2v) is 16.9. The van der Waals surface area contributed by atoms with Gasteiger partial charge in [-0.25, -0.2) is 19.0 Å². The molecule has 3 aromatic heterocycles. The maximum absolute atomic E-state index is 13.2. The molecule has 0 amide bonds. The standard InChI is InChI=1S/C41H65N8O8P/c1-4-5-6-7-8-9-10-11-12-13-14-15-16-17-18-19-24-54-27-33(48-36-23-20-32(25-42)26-45-36)28-55-58(52,53)56-30-40(2)37(50)38(51)41(57-40,29-44-3)35-22-21-34-39(43)46-31-47-49(34)35/h20-23,26,29,31,33,37-38,50-51H,4-19,24,27-28,30H2,1-3H3,(H,45,48)(H,52,53)(H2,43,46,47)/t33-,37+,38-,40?,41+/m1/s1. The molecule has 1 saturated heterocycles. The fourth-order valence-electron chi connectivity index (χ4n) is 7.30. The fraction of sp³-hybridized carbons (Fsp3) is 0.683. The summed E-state index contributed by atoms with van der Waals surface area (Å²) in [5.41, 5.74) is 3.71. The van der Waals surface area contributed by atoms with Crippen LogP contribution in [0, 0.1) is 11.3 Å². The van der Waals surface area contributed by atoms with Gasteiger partial charge >= 0.3 is 7.82 Å². The maximum Gasteiger partial charge on any atom is 0.472 e. The van der Waals surface area contributed by atoms with Crippen LogP contribution in [0.1, 0.15) is 128 Å². The van der Waals surface area contributed by atoms with E-state index >= 15 is 0 Å². The SMILES string of the molecule is CCCCCCCCCCCCCCCCCCOC[C@H](COP(=O)(O)OCC1(C)O[C@@](C=NC)(c2ccc3c(N)ncnn23)[C@H](O)[C@@H]1O)Nc1ccc(C#N)cn1. The number of phosphoric ester groups is 1. The molecule has 2 unspecified atom stereocenters. The third kappa shape index (κ3) is 13.8. The summed E-state index contributed by atoms with van der Waals surface area (Å²) in [6.45, 7) is 3.42. The number of fused-ring (bicyclic) bond motifs is 1. The van der Waals surface area contributed by atoms with Gasteiger partial charge in [-0.15, -0.1) is 0 Å². The molecule has 6 atom stereocenters. The highest BCUT2D eigenvalue weighted by Gasteiger charge is 2.62. The second-order valence-electron chi connectivity index (χ2n) is 15.4. The molecule has 16 nitrogen and oxygen atoms in total. The third-order valence-electron chi connectivity index (χ3n) is 10.6. The van der Waals surface area contributed by atoms with Crippen molar-refractivity contribution in [2.45, 2.75) is 146 Å². The zero-order valence-electron chi connectivity index (χ0n) is 34.5. The van der Waals surface area contributed by atoms with E-state index in [1.807, 2.05) is 6.07 Å². The van der Waals surface area contributed by atoms with Gasteiger partial charge in [-0.3, -0.25) is 14.0 Å². The first-order valence-corrected chi connectivity index (χ1v) is 22.4. The summed E-state index contributed by atoms with van der Waals surface area (Å²) in [6, 6.07) is 7.91. The molecule has 0 aliphatic carbocycles. The first-order valence-electron chi connectivity index (χ1n) is 20.9. The molecule has 6 N–H and O–H groups in total. The molecule has 1 fully saturated rings. The van der Waals surface area contributed by atoms with Crippen LogP contribution in [0.4, 0.5) is 11.6 Å². The quantitative estimate of drug-likeness (QED) is 0.0273. The molecule has 1 aliphatic heterocycles. The smallest absolute Gasteiger partial charge is 0.387 e. The molecule has 4 heterocycles. The van der Waals surface area contributed by atoms with Crippen molar-refractivity contribution in [3.63, 3.8) is 0 Å². The number of nitrogens with two attached hydrogens (primary N) is 1. The number of aromatic nitrogens is 4. The highest BCUT2D eigenvalue weighted by atomic mass is 31.2. The molecule has 0 spiro atoms. The van der Waals surface area contributed by atoms with Gasteiger partial charge in [-0.2, -0.15) is 10.4 Å². The van der Waals surface area contributed by atoms with Crippen LogP contribution < -0.4 is 11.1 Å². The predicted molar refractivity (Wildman–Crippen MR) is 223 cm³/mol. The lowest BCUT2D eigenvalue weighted by Crippen LogP contribution is -2.45. The van der Waals surface area contributed by atoms with Crippen molar-refractivity contribution in [3.05, 3.63) is 48.0 Å². The Morgan fingerprint density at radius 3 is 2.19 bits per heavy atom. The van der Waals surface area contributed by atoms with E-state index in [0.717, 1.165) is 19.3 Å². The van der Waals surface area contributed by atoms with E-state index in [2.05, 4.69) is 32.3 Å². The molecule has 58 heavy (non-hydrogen) atoms. The number of nitrogen functional groups attached to an aromatic ring is 1. The Hall–Kier alpha value is -3.52. The number of aliphatic imine (C=N–C) groups is 1. The lowest BCUT2D eigenvalue weighted by Gasteiger charge is -2.31. The van der Waals surface area contributed by atoms with Gasteiger partial charge in [0.25, 0.3) is 0 Å². The molecule has 3 aromatic rings. The van der Waals surface area contributed by atoms with Gasteiger partial charge in [0.05, 0.1) is 37.1 Å². The van der Waals surface area contributed by atoms with E-state index in [1.165, 1.54) is 121 Å². The number of aliphatic hydroxyl groups is 2. The molecular weight excluding hydrogens is 763 g/mol. The Morgan fingerprint density at radius 1 is 0.966 bits per heavy atom. The van der Waals surface area contributed by atoms with Crippen LogP contribution in [0.15, 0.2) is 41.8 Å². The van der Waals surface area contributed by atoms with Crippen LogP contribution >= 0.6 is 7.82 Å². The predicted octanol–water partition coefficient (Wildman–Crippen LogP) is 6.88. The monoisotopic (exact) mass is 828 g/mol. The average Bonchev–Trinajstić information content (AvgIpc) is 3.74. The van der Waals surface area contributed by atoms with Gasteiger partial charge in [-0.05, 0) is 37.6 Å². The Kier molecular flexibility index (Phi) is 19.4. The topological polar surface area (TPSA) is 232 Å². The number of hydrogen-bond acceptors (Lipinski definition) is 14. The summed E-state index contributed by atoms with van der Waals surface area (Å²) < 4.78 is 37.7. The summed E-state index contributed by atoms with van der Waals surface area (Å²) in [6.07, 6.45) is 21.3. The van der Waals surface area contributed by atoms with Crippen LogP contribution in [-0.2, 0) is 28.7 Å². The molecular formula is C41H65N8O8P. The minimum atomic E-state index is -4.75. The molecule has 1 aliphatic rings. The first kappa shape index (κ1) is 47.2. The van der Waals surface area contributed by atoms with Crippen molar-refractivity contribution >= 4 is 31.2 Å². The van der Waals surface area contributed by atoms with Gasteiger partial charge in [0.2, 0.25) is 0 Å². The zero-order chi connectivity index (χ0) is 41.9. The Labute approximate surface area is 343 Å². The van der Waals surface area contributed by atoms with E-state index in [9.17, 15) is 19.7 Å². The number of nitriles is 1. The van der Waals surface area contributed by atoms with Crippen molar-refractivity contribution in [2.24, 2.45) is 4.99 Å². The number of aliphatic hydroxyl groups excluding tert-OH is 2. The van der Waals surface area contributed by atoms with Gasteiger partial charge in [0, 0.05) is 26.1 Å². The molecule has 4 rings (SSSR count). The van der Waals surface area contributed by atoms with Crippen molar-refractivity contribution in [1.29, 1.82) is 5.26 Å². The normalized spacial score (nSPS) is 22.4. The number of pyridine rings is 1. The van der Waals surface area contributed by atoms with Crippen LogP contribution in [0.25, 0.3) is 5.52 Å². The number of unbranched alkanes of at least 4 members (excludes halogenated alkanes) is 15. The van der Waals surface area contributed by atoms with E-state index in [0.29, 0.717) is 29.2 Å². The van der Waals surface area contributed by atoms with Crippen LogP contribution in [0.5, 0.6) is 0 Å². The number of hydrogen-bond donors (Lipinski definition) is 5. The molecule has 0 saturated carbocycles. The van der Waals surface area contributed by atoms with Gasteiger partial charge < -0.3 is 35.6 Å². The first-order chi connectivity index (χ1) is 28.0. The lowest BCUT2D eigenvalue weighted by atomic mass is 9.89. The van der Waals surface area contributed by atoms with E-state index in [1.54, 1.807) is 24.3 Å². The summed E-state index contributed by atoms with van der Waals surface area (Å²) in [7, 11) is -3.27. The number of phosphoric acid groups is 1. The fourth-order valence-corrected chi connectivity index (χ4v) is 8.16. The van der Waals surface area contributed by atoms with Gasteiger partial charge in [0.15, 0.2) is 11.4 Å². The summed E-state index contributed by atoms with van der Waals surface area (Å²) in [5.74, 6) is 0.617. The van der Waals surface area contributed by atoms with Crippen LogP contribution in [0.2, 0.25) is 0 Å². The van der Waals surface area contributed by atoms with Gasteiger partial charge in [0.1, 0.15) is 41.5 Å². The number of rotatable bonds is 29. The lowest BCUT2D eigenvalue weighted by molar-refractivity contribution is -0.117. The maximum atomic E-state index is 13.2. The average molecular weight is 829 g/mol. The number of nitrogens with one attached hydrogen (secondary N) is 1. The Morgan fingerprint density at radius 2 is 1.60 bits per heavy atom. The Bertz CT molecular complexity index is 1770. The number of anilines is 2. The largest absolute Gasteiger partial charge is 0.472 e. The van der Waals surface area contributed by atoms with E-state index < -0.39 is 43.9 Å². The zero-order valence-corrected chi connectivity index (χ0v) is 35.4. The van der Waals surface area contributed by atoms with Gasteiger partial charge in [-0.1, -0.05) is 103 Å². The second kappa shape index (κ2) is 23.9. The third-order valence-corrected chi connectivity index (χ3v) is 11.6. The van der Waals surface area contributed by atoms with Crippen LogP contribution in [-0.4, -0.2) is 98.2 Å². The molecule has 322 valence electrons. The molecule has 0 bridgehead atoms. The minimum absolute atomic E-state index is 0.143. The summed E-state index contributed by atoms with van der Waals surface area (Å²) >= 11 is 0. The van der Waals surface area contributed by atoms with E-state index in [4.69, 9.17) is 29.5 Å². The van der Waals surface area contributed by atoms with Crippen molar-refractivity contribution in [2.75, 3.05) is 44.5 Å². The van der Waals surface area contributed by atoms with Crippen LogP contribution in [0.3, 0.4) is 0 Å². The Balaban J connectivity index is 1.22. The minimum Gasteiger partial charge on any atom is -0.387 e. The summed E-state index contributed by atoms with van der Waals surface area (Å²) in [4.78, 5) is 23.1. The number of ether oxygens (including phenoxy) is 2. The molecule has 17 heteroatoms. The highest BCUT2D eigenvalue weighted by Crippen LogP contribution is 2.49. The highest BCUT2D eigenvalue weighted by molar-refractivity contribution is 7.47. The van der Waals surface area contributed by atoms with E-state index in [-0.39, 0.29) is 19.0 Å². The molecule has 0 radical (unpaired) electrons. The summed E-state index contributed by atoms with van der Waals surface area (Å²) in [5, 5.41) is 39.2.